The van der Waals surface area contributed by atoms with E-state index in [1.54, 1.807) is 0 Å². The van der Waals surface area contributed by atoms with E-state index in [9.17, 15) is 0 Å². The first kappa shape index (κ1) is 17.2. The predicted molar refractivity (Wildman–Crippen MR) is 87.5 cm³/mol. The predicted octanol–water partition coefficient (Wildman–Crippen LogP) is 4.45. The molecule has 2 fully saturated rings. The number of nitrogens with one attached hydrogen (secondary N) is 1. The van der Waals surface area contributed by atoms with Crippen LogP contribution in [-0.2, 0) is 0 Å². The van der Waals surface area contributed by atoms with Gasteiger partial charge in [-0.25, -0.2) is 0 Å². The van der Waals surface area contributed by atoms with Gasteiger partial charge in [-0.2, -0.15) is 0 Å². The second-order valence-electron chi connectivity index (χ2n) is 6.06. The number of hydrogen-bond donors (Lipinski definition) is 1. The van der Waals surface area contributed by atoms with Crippen molar-refractivity contribution in [2.45, 2.75) is 94.2 Å². The molecule has 0 aromatic rings. The Morgan fingerprint density at radius 3 is 1.89 bits per heavy atom. The van der Waals surface area contributed by atoms with Crippen molar-refractivity contribution in [2.75, 3.05) is 0 Å². The summed E-state index contributed by atoms with van der Waals surface area (Å²) in [6.45, 7) is 2.16. The Hall–Kier alpha value is 0.106. The van der Waals surface area contributed by atoms with Gasteiger partial charge in [0.1, 0.15) is 0 Å². The van der Waals surface area contributed by atoms with Crippen LogP contribution >= 0.6 is 0 Å². The Morgan fingerprint density at radius 2 is 1.37 bits per heavy atom. The third kappa shape index (κ3) is 8.08. The Morgan fingerprint density at radius 1 is 0.895 bits per heavy atom. The van der Waals surface area contributed by atoms with Crippen molar-refractivity contribution in [1.29, 1.82) is 0 Å². The van der Waals surface area contributed by atoms with Crippen LogP contribution in [0.4, 0.5) is 0 Å². The maximum atomic E-state index is 4.84. The molecule has 2 nitrogen and oxygen atoms in total. The molecule has 2 saturated carbocycles. The minimum absolute atomic E-state index is 0.312. The number of aliphatic imine (C=N–C) groups is 1. The first-order valence-corrected chi connectivity index (χ1v) is 13.2. The van der Waals surface area contributed by atoms with Crippen LogP contribution in [0.25, 0.3) is 0 Å². The quantitative estimate of drug-likeness (QED) is 0.453. The number of rotatable bonds is 2. The Balaban J connectivity index is 0.000000550. The summed E-state index contributed by atoms with van der Waals surface area (Å²) in [5.74, 6) is 1.19. The molecule has 19 heavy (non-hydrogen) atoms. The monoisotopic (exact) mass is 321 g/mol. The standard InChI is InChI=1S/C14H26N2.2CH3.Ga/c1-12(15-13-8-4-2-5-9-13)16-14-10-6-3-7-11-14;;;/h13-14H,2-11H2,1H3,(H,15,16);2*1H3;. The zero-order valence-electron chi connectivity index (χ0n) is 13.3. The summed E-state index contributed by atoms with van der Waals surface area (Å²) in [7, 11) is 0. The molecule has 2 aliphatic rings. The molecule has 0 bridgehead atoms. The molecular weight excluding hydrogens is 290 g/mol. The van der Waals surface area contributed by atoms with Crippen LogP contribution in [0.3, 0.4) is 0 Å². The van der Waals surface area contributed by atoms with E-state index in [0.29, 0.717) is 29.5 Å². The van der Waals surface area contributed by atoms with Crippen molar-refractivity contribution in [3.63, 3.8) is 0 Å². The summed E-state index contributed by atoms with van der Waals surface area (Å²) in [6.07, 6.45) is 13.7. The summed E-state index contributed by atoms with van der Waals surface area (Å²) >= 11 is 0.312. The van der Waals surface area contributed by atoms with Crippen LogP contribution in [-0.4, -0.2) is 35.3 Å². The van der Waals surface area contributed by atoms with Gasteiger partial charge in [0.25, 0.3) is 0 Å². The van der Waals surface area contributed by atoms with E-state index in [0.717, 1.165) is 0 Å². The van der Waals surface area contributed by atoms with E-state index < -0.39 is 0 Å². The van der Waals surface area contributed by atoms with E-state index in [2.05, 4.69) is 23.2 Å². The topological polar surface area (TPSA) is 24.4 Å². The fourth-order valence-corrected chi connectivity index (χ4v) is 3.06. The molecule has 0 aromatic heterocycles. The van der Waals surface area contributed by atoms with Gasteiger partial charge in [0.15, 0.2) is 0 Å². The van der Waals surface area contributed by atoms with E-state index in [4.69, 9.17) is 4.99 Å². The Labute approximate surface area is 128 Å². The molecule has 109 valence electrons. The molecule has 0 aromatic carbocycles. The van der Waals surface area contributed by atoms with Crippen LogP contribution in [0.1, 0.15) is 71.1 Å². The second-order valence-corrected chi connectivity index (χ2v) is 8.49. The molecular formula is C16H32GaN2. The molecule has 0 saturated heterocycles. The zero-order chi connectivity index (χ0) is 13.9. The van der Waals surface area contributed by atoms with Gasteiger partial charge in [-0.3, -0.25) is 4.99 Å². The van der Waals surface area contributed by atoms with Crippen molar-refractivity contribution in [3.8, 4) is 0 Å². The molecule has 0 unspecified atom stereocenters. The van der Waals surface area contributed by atoms with Gasteiger partial charge in [0.05, 0.1) is 11.9 Å². The van der Waals surface area contributed by atoms with Crippen molar-refractivity contribution < 1.29 is 0 Å². The van der Waals surface area contributed by atoms with E-state index >= 15 is 0 Å². The van der Waals surface area contributed by atoms with Gasteiger partial charge in [0, 0.05) is 6.04 Å². The van der Waals surface area contributed by atoms with Gasteiger partial charge in [-0.05, 0) is 32.6 Å². The van der Waals surface area contributed by atoms with Gasteiger partial charge in [0.2, 0.25) is 0 Å². The molecule has 2 rings (SSSR count). The third-order valence-electron chi connectivity index (χ3n) is 3.97. The van der Waals surface area contributed by atoms with Crippen molar-refractivity contribution in [1.82, 2.24) is 5.32 Å². The van der Waals surface area contributed by atoms with Crippen molar-refractivity contribution in [2.24, 2.45) is 4.99 Å². The number of amidine groups is 1. The summed E-state index contributed by atoms with van der Waals surface area (Å²) in [6, 6.07) is 1.32. The zero-order valence-corrected chi connectivity index (χ0v) is 15.7. The average molecular weight is 322 g/mol. The van der Waals surface area contributed by atoms with E-state index in [1.807, 2.05) is 0 Å². The van der Waals surface area contributed by atoms with Crippen molar-refractivity contribution in [3.05, 3.63) is 0 Å². The van der Waals surface area contributed by atoms with E-state index in [1.165, 1.54) is 70.0 Å². The summed E-state index contributed by atoms with van der Waals surface area (Å²) < 4.78 is 0. The molecule has 3 heteroatoms. The summed E-state index contributed by atoms with van der Waals surface area (Å²) in [5.41, 5.74) is 4.56. The van der Waals surface area contributed by atoms with Gasteiger partial charge >= 0.3 is 28.4 Å². The van der Waals surface area contributed by atoms with Crippen LogP contribution in [0.15, 0.2) is 4.99 Å². The van der Waals surface area contributed by atoms with Crippen LogP contribution in [0.5, 0.6) is 0 Å². The average Bonchev–Trinajstić information content (AvgIpc) is 2.41. The van der Waals surface area contributed by atoms with Gasteiger partial charge in [-0.15, -0.1) is 0 Å². The Kier molecular flexibility index (Phi) is 9.79. The van der Waals surface area contributed by atoms with Gasteiger partial charge < -0.3 is 5.32 Å². The van der Waals surface area contributed by atoms with Crippen LogP contribution < -0.4 is 5.32 Å². The maximum absolute atomic E-state index is 4.84. The molecule has 0 atom stereocenters. The molecule has 0 amide bonds. The first-order valence-electron chi connectivity index (χ1n) is 8.31. The molecule has 2 aliphatic carbocycles. The molecule has 0 aliphatic heterocycles. The summed E-state index contributed by atoms with van der Waals surface area (Å²) in [4.78, 5) is 4.84. The normalized spacial score (nSPS) is 22.4. The van der Waals surface area contributed by atoms with Crippen LogP contribution in [0.2, 0.25) is 11.0 Å². The number of nitrogens with zero attached hydrogens (tertiary/aromatic N) is 1. The Bertz CT molecular complexity index is 241. The SMILES string of the molecule is CC(=NC1CCCCC1)NC1CCCCC1.[CH3][Ga][CH3]. The molecule has 1 radical (unpaired) electrons. The molecule has 0 heterocycles. The fraction of sp³-hybridized carbons (Fsp3) is 0.938. The summed E-state index contributed by atoms with van der Waals surface area (Å²) in [5, 5.41) is 3.62. The fourth-order valence-electron chi connectivity index (χ4n) is 3.06. The molecule has 1 N–H and O–H groups in total. The molecule has 0 spiro atoms. The third-order valence-corrected chi connectivity index (χ3v) is 3.97. The van der Waals surface area contributed by atoms with Crippen molar-refractivity contribution >= 4 is 23.2 Å². The second kappa shape index (κ2) is 10.8. The van der Waals surface area contributed by atoms with Crippen LogP contribution in [0, 0.1) is 0 Å². The number of hydrogen-bond acceptors (Lipinski definition) is 1. The minimum atomic E-state index is 0.312. The van der Waals surface area contributed by atoms with E-state index in [-0.39, 0.29) is 0 Å². The van der Waals surface area contributed by atoms with Gasteiger partial charge in [-0.1, -0.05) is 38.5 Å². The first-order chi connectivity index (χ1) is 9.26.